The molecular weight excluding hydrogens is 240 g/mol. The molecule has 0 N–H and O–H groups in total. The van der Waals surface area contributed by atoms with E-state index in [-0.39, 0.29) is 37.1 Å². The summed E-state index contributed by atoms with van der Waals surface area (Å²) < 4.78 is 0. The molecule has 0 aliphatic rings. The van der Waals surface area contributed by atoms with E-state index in [1.165, 1.54) is 0 Å². The second-order valence-corrected chi connectivity index (χ2v) is 0. The Hall–Kier alpha value is 1.96. The maximum absolute atomic E-state index is 4.47. The van der Waals surface area contributed by atoms with Crippen molar-refractivity contribution < 1.29 is 37.1 Å². The van der Waals surface area contributed by atoms with Gasteiger partial charge >= 0.3 is 0 Å². The van der Waals surface area contributed by atoms with Gasteiger partial charge in [0.25, 0.3) is 0 Å². The van der Waals surface area contributed by atoms with Crippen molar-refractivity contribution in [3.05, 3.63) is 0 Å². The van der Waals surface area contributed by atoms with E-state index in [9.17, 15) is 0 Å². The summed E-state index contributed by atoms with van der Waals surface area (Å²) in [6.45, 7) is 0. The molecule has 0 spiro atoms. The molecular formula is BIV2. The predicted molar refractivity (Wildman–Crippen MR) is 19.8 cm³/mol. The van der Waals surface area contributed by atoms with Crippen LogP contribution < -0.4 is 0 Å². The maximum Gasteiger partial charge on any atom is 0.169 e. The zero-order valence-corrected chi connectivity index (χ0v) is 6.80. The molecule has 0 unspecified atom stereocenters. The number of halogens is 1. The second-order valence-electron chi connectivity index (χ2n) is 0. The third-order valence-electron chi connectivity index (χ3n) is 0. The van der Waals surface area contributed by atoms with Crippen LogP contribution in [-0.4, -0.2) is 5.70 Å². The molecule has 0 aromatic rings. The van der Waals surface area contributed by atoms with E-state index >= 15 is 0 Å². The molecule has 4 heteroatoms. The van der Waals surface area contributed by atoms with Crippen molar-refractivity contribution in [2.45, 2.75) is 0 Å². The molecule has 0 aliphatic heterocycles. The molecule has 0 bridgehead atoms. The molecule has 0 nitrogen and oxygen atoms in total. The predicted octanol–water partition coefficient (Wildman–Crippen LogP) is 0.500. The molecule has 0 heterocycles. The topological polar surface area (TPSA) is 0 Å². The third kappa shape index (κ3) is 9.03. The van der Waals surface area contributed by atoms with E-state index < -0.39 is 0 Å². The zero-order valence-electron chi connectivity index (χ0n) is 1.85. The summed E-state index contributed by atoms with van der Waals surface area (Å²) in [4.78, 5) is 0. The van der Waals surface area contributed by atoms with Gasteiger partial charge in [0.15, 0.2) is 5.70 Å². The van der Waals surface area contributed by atoms with Crippen molar-refractivity contribution in [2.75, 3.05) is 0 Å². The minimum absolute atomic E-state index is 0. The fourth-order valence-corrected chi connectivity index (χ4v) is 0. The first kappa shape index (κ1) is 16.7. The van der Waals surface area contributed by atoms with E-state index in [0.717, 1.165) is 0 Å². The van der Waals surface area contributed by atoms with Crippen LogP contribution in [0.1, 0.15) is 0 Å². The monoisotopic (exact) mass is 240 g/mol. The fraction of sp³-hybridized carbons (Fsp3) is 0. The van der Waals surface area contributed by atoms with Gasteiger partial charge in [-0.3, -0.25) is 0 Å². The molecule has 0 aromatic carbocycles. The number of hydrogen-bond acceptors (Lipinski definition) is 0. The van der Waals surface area contributed by atoms with Gasteiger partial charge < -0.3 is 0 Å². The van der Waals surface area contributed by atoms with Gasteiger partial charge in [0, 0.05) is 37.1 Å². The molecule has 0 saturated heterocycles. The van der Waals surface area contributed by atoms with Crippen LogP contribution >= 0.6 is 22.4 Å². The van der Waals surface area contributed by atoms with Gasteiger partial charge in [0.1, 0.15) is 0 Å². The van der Waals surface area contributed by atoms with Crippen LogP contribution in [0, 0.1) is 0 Å². The normalized spacial score (nSPS) is 1.25. The minimum Gasteiger partial charge on any atom is -0.169 e. The smallest absolute Gasteiger partial charge is 0.169 e. The fourth-order valence-electron chi connectivity index (χ4n) is 0. The quantitative estimate of drug-likeness (QED) is 0.427. The van der Waals surface area contributed by atoms with E-state index in [4.69, 9.17) is 0 Å². The van der Waals surface area contributed by atoms with Gasteiger partial charge in [-0.05, 0) is 0 Å². The van der Waals surface area contributed by atoms with Crippen LogP contribution in [0.15, 0.2) is 0 Å². The van der Waals surface area contributed by atoms with E-state index in [1.54, 1.807) is 22.4 Å². The van der Waals surface area contributed by atoms with E-state index in [0.29, 0.717) is 0 Å². The van der Waals surface area contributed by atoms with Crippen molar-refractivity contribution >= 4 is 28.1 Å². The van der Waals surface area contributed by atoms with E-state index in [1.807, 2.05) is 0 Å². The Morgan fingerprint density at radius 2 is 1.00 bits per heavy atom. The average molecular weight is 240 g/mol. The molecule has 20 valence electrons. The third-order valence-corrected chi connectivity index (χ3v) is 0. The molecule has 0 atom stereocenters. The summed E-state index contributed by atoms with van der Waals surface area (Å²) in [7, 11) is 0. The van der Waals surface area contributed by atoms with Crippen LogP contribution in [0.2, 0.25) is 0 Å². The summed E-state index contributed by atoms with van der Waals surface area (Å²) in [5.74, 6) is 0. The molecule has 0 saturated carbocycles. The van der Waals surface area contributed by atoms with Crippen LogP contribution in [0.3, 0.4) is 0 Å². The summed E-state index contributed by atoms with van der Waals surface area (Å²) >= 11 is 1.65. The molecule has 0 aliphatic carbocycles. The van der Waals surface area contributed by atoms with Crippen molar-refractivity contribution in [1.29, 1.82) is 0 Å². The van der Waals surface area contributed by atoms with Crippen LogP contribution in [-0.2, 0) is 37.1 Å². The van der Waals surface area contributed by atoms with Gasteiger partial charge in [-0.2, -0.15) is 22.4 Å². The minimum atomic E-state index is 0. The van der Waals surface area contributed by atoms with Gasteiger partial charge in [-0.25, -0.2) is 0 Å². The zero-order chi connectivity index (χ0) is 2.00. The van der Waals surface area contributed by atoms with E-state index in [2.05, 4.69) is 5.70 Å². The maximum atomic E-state index is 4.47. The SMILES string of the molecule is [B]I.[V].[V]. The van der Waals surface area contributed by atoms with Crippen molar-refractivity contribution in [3.63, 3.8) is 0 Å². The van der Waals surface area contributed by atoms with Crippen molar-refractivity contribution in [2.24, 2.45) is 0 Å². The Labute approximate surface area is 64.5 Å². The molecule has 0 amide bonds. The number of hydrogen-bond donors (Lipinski definition) is 0. The molecule has 0 fully saturated rings. The second kappa shape index (κ2) is 20.2. The first-order valence-corrected chi connectivity index (χ1v) is 1.46. The molecule has 0 rings (SSSR count). The number of rotatable bonds is 0. The van der Waals surface area contributed by atoms with Gasteiger partial charge in [0.05, 0.1) is 0 Å². The summed E-state index contributed by atoms with van der Waals surface area (Å²) in [6.07, 6.45) is 0. The van der Waals surface area contributed by atoms with Crippen LogP contribution in [0.5, 0.6) is 0 Å². The summed E-state index contributed by atoms with van der Waals surface area (Å²) in [5.41, 5.74) is 4.47. The summed E-state index contributed by atoms with van der Waals surface area (Å²) in [5, 5.41) is 0. The van der Waals surface area contributed by atoms with Crippen LogP contribution in [0.4, 0.5) is 0 Å². The van der Waals surface area contributed by atoms with Crippen molar-refractivity contribution in [1.82, 2.24) is 0 Å². The Morgan fingerprint density at radius 1 is 1.00 bits per heavy atom. The Bertz CT molecular complexity index is 6.00. The molecule has 4 heavy (non-hydrogen) atoms. The first-order chi connectivity index (χ1) is 1.00. The Balaban J connectivity index is -0.00000000500. The van der Waals surface area contributed by atoms with Gasteiger partial charge in [-0.15, -0.1) is 0 Å². The van der Waals surface area contributed by atoms with Crippen molar-refractivity contribution in [3.8, 4) is 0 Å². The Kier molecular flexibility index (Phi) is 84.6. The summed E-state index contributed by atoms with van der Waals surface area (Å²) in [6, 6.07) is 0. The Morgan fingerprint density at radius 3 is 1.00 bits per heavy atom. The van der Waals surface area contributed by atoms with Crippen LogP contribution in [0.25, 0.3) is 0 Å². The largest absolute Gasteiger partial charge is 0.169 e. The molecule has 0 aromatic heterocycles. The first-order valence-electron chi connectivity index (χ1n) is 0.218. The molecule has 4 radical (unpaired) electrons. The standard InChI is InChI=1S/BI.2V/c1-2;;. The van der Waals surface area contributed by atoms with Gasteiger partial charge in [0.2, 0.25) is 0 Å². The van der Waals surface area contributed by atoms with Gasteiger partial charge in [-0.1, -0.05) is 0 Å². The average Bonchev–Trinajstić information content (AvgIpc) is 1.00.